The SMILES string of the molecule is [2H]N([2H])Cc1ccccc1. The minimum absolute atomic E-state index is 0.362. The second-order valence-electron chi connectivity index (χ2n) is 1.64. The van der Waals surface area contributed by atoms with E-state index in [0.29, 0.717) is 12.3 Å². The van der Waals surface area contributed by atoms with E-state index in [1.807, 2.05) is 30.3 Å². The molecule has 8 heavy (non-hydrogen) atoms. The summed E-state index contributed by atoms with van der Waals surface area (Å²) in [6.07, 6.45) is 0. The Morgan fingerprint density at radius 1 is 1.38 bits per heavy atom. The first kappa shape index (κ1) is 3.25. The molecule has 0 heterocycles. The van der Waals surface area contributed by atoms with Crippen LogP contribution in [0.25, 0.3) is 0 Å². The van der Waals surface area contributed by atoms with Crippen LogP contribution in [-0.4, -0.2) is 0 Å². The van der Waals surface area contributed by atoms with E-state index >= 15 is 0 Å². The zero-order valence-electron chi connectivity index (χ0n) is 6.54. The lowest BCUT2D eigenvalue weighted by Gasteiger charge is -1.90. The van der Waals surface area contributed by atoms with Crippen molar-refractivity contribution in [3.05, 3.63) is 35.9 Å². The predicted molar refractivity (Wildman–Crippen MR) is 34.3 cm³/mol. The standard InChI is InChI=1S/C7H9N/c8-6-7-4-2-1-3-5-7/h1-5H,6,8H2/i/hD2. The van der Waals surface area contributed by atoms with Gasteiger partial charge in [-0.25, -0.2) is 0 Å². The van der Waals surface area contributed by atoms with Gasteiger partial charge in [0, 0.05) is 6.54 Å². The molecule has 1 heteroatoms. The van der Waals surface area contributed by atoms with Gasteiger partial charge in [-0.15, -0.1) is 0 Å². The summed E-state index contributed by atoms with van der Waals surface area (Å²) in [5.41, 5.74) is 1.66. The van der Waals surface area contributed by atoms with Gasteiger partial charge in [0.1, 0.15) is 2.82 Å². The van der Waals surface area contributed by atoms with Gasteiger partial charge >= 0.3 is 0 Å². The highest BCUT2D eigenvalue weighted by Gasteiger charge is 1.80. The number of hydrogen-bond acceptors (Lipinski definition) is 1. The second-order valence-corrected chi connectivity index (χ2v) is 1.64. The molecule has 0 atom stereocenters. The van der Waals surface area contributed by atoms with Crippen molar-refractivity contribution in [2.24, 2.45) is 5.72 Å². The zero-order valence-corrected chi connectivity index (χ0v) is 4.54. The second kappa shape index (κ2) is 2.48. The minimum atomic E-state index is 0.362. The molecule has 0 radical (unpaired) electrons. The molecule has 2 N–H and O–H groups in total. The highest BCUT2D eigenvalue weighted by molar-refractivity contribution is 5.13. The molecule has 0 aliphatic heterocycles. The van der Waals surface area contributed by atoms with Gasteiger partial charge in [0.25, 0.3) is 0 Å². The summed E-state index contributed by atoms with van der Waals surface area (Å²) in [6, 6.07) is 9.52. The van der Waals surface area contributed by atoms with E-state index in [0.717, 1.165) is 5.56 Å². The van der Waals surface area contributed by atoms with E-state index in [1.54, 1.807) is 0 Å². The van der Waals surface area contributed by atoms with Gasteiger partial charge in [0.15, 0.2) is 0 Å². The average molecular weight is 109 g/mol. The van der Waals surface area contributed by atoms with Crippen LogP contribution in [0.5, 0.6) is 0 Å². The summed E-state index contributed by atoms with van der Waals surface area (Å²) >= 11 is 0. The molecular formula is C7H9N. The van der Waals surface area contributed by atoms with Gasteiger partial charge in [-0.2, -0.15) is 0 Å². The molecule has 1 rings (SSSR count). The fourth-order valence-corrected chi connectivity index (χ4v) is 0.583. The number of hydrogen-bond donors (Lipinski definition) is 1. The molecule has 0 aliphatic carbocycles. The van der Waals surface area contributed by atoms with Gasteiger partial charge in [0.05, 0.1) is 0 Å². The van der Waals surface area contributed by atoms with E-state index in [4.69, 9.17) is 2.82 Å². The summed E-state index contributed by atoms with van der Waals surface area (Å²) in [5, 5.41) is 0. The molecule has 0 saturated carbocycles. The summed E-state index contributed by atoms with van der Waals surface area (Å²) in [6.45, 7) is 0.362. The van der Waals surface area contributed by atoms with Crippen molar-refractivity contribution >= 4 is 0 Å². The number of benzene rings is 1. The summed E-state index contributed by atoms with van der Waals surface area (Å²) in [5.74, 6) is 0. The maximum Gasteiger partial charge on any atom is 0.119 e. The zero-order chi connectivity index (χ0) is 7.40. The van der Waals surface area contributed by atoms with E-state index in [1.165, 1.54) is 0 Å². The van der Waals surface area contributed by atoms with Crippen LogP contribution in [0.15, 0.2) is 30.3 Å². The quantitative estimate of drug-likeness (QED) is 0.605. The predicted octanol–water partition coefficient (Wildman–Crippen LogP) is 1.15. The van der Waals surface area contributed by atoms with Crippen LogP contribution in [0.4, 0.5) is 0 Å². The van der Waals surface area contributed by atoms with Crippen molar-refractivity contribution in [2.45, 2.75) is 6.54 Å². The third-order valence-electron chi connectivity index (χ3n) is 1.03. The Bertz CT molecular complexity index is 186. The van der Waals surface area contributed by atoms with Gasteiger partial charge in [-0.3, -0.25) is 0 Å². The lowest BCUT2D eigenvalue weighted by atomic mass is 10.2. The molecule has 0 aliphatic rings. The molecule has 1 aromatic carbocycles. The molecule has 0 unspecified atom stereocenters. The Morgan fingerprint density at radius 2 is 2.12 bits per heavy atom. The topological polar surface area (TPSA) is 26.0 Å². The molecule has 0 amide bonds. The van der Waals surface area contributed by atoms with Gasteiger partial charge in [0.2, 0.25) is 0 Å². The fourth-order valence-electron chi connectivity index (χ4n) is 0.583. The summed E-state index contributed by atoms with van der Waals surface area (Å²) in [7, 11) is 0. The molecule has 42 valence electrons. The number of nitrogens with two attached hydrogens (primary N) is 1. The highest BCUT2D eigenvalue weighted by atomic mass is 14.5. The summed E-state index contributed by atoms with van der Waals surface area (Å²) in [4.78, 5) is 0. The minimum Gasteiger partial charge on any atom is -0.326 e. The monoisotopic (exact) mass is 109 g/mol. The van der Waals surface area contributed by atoms with Crippen LogP contribution >= 0.6 is 0 Å². The number of rotatable bonds is 2. The maximum absolute atomic E-state index is 6.82. The van der Waals surface area contributed by atoms with Gasteiger partial charge in [-0.1, -0.05) is 30.3 Å². The Balaban J connectivity index is 2.59. The lowest BCUT2D eigenvalue weighted by molar-refractivity contribution is 1.07. The van der Waals surface area contributed by atoms with Crippen molar-refractivity contribution in [2.75, 3.05) is 0 Å². The van der Waals surface area contributed by atoms with Gasteiger partial charge in [-0.05, 0) is 5.56 Å². The smallest absolute Gasteiger partial charge is 0.119 e. The van der Waals surface area contributed by atoms with E-state index in [2.05, 4.69) is 0 Å². The van der Waals surface area contributed by atoms with Gasteiger partial charge < -0.3 is 5.72 Å². The molecule has 0 bridgehead atoms. The molecule has 0 fully saturated rings. The fraction of sp³-hybridized carbons (Fsp3) is 0.143. The molecule has 1 aromatic rings. The molecular weight excluding hydrogens is 98.1 g/mol. The lowest BCUT2D eigenvalue weighted by Crippen LogP contribution is -1.94. The van der Waals surface area contributed by atoms with Crippen molar-refractivity contribution in [3.63, 3.8) is 0 Å². The van der Waals surface area contributed by atoms with E-state index in [9.17, 15) is 0 Å². The third kappa shape index (κ3) is 1.07. The summed E-state index contributed by atoms with van der Waals surface area (Å²) < 4.78 is 13.6. The molecule has 0 spiro atoms. The molecule has 1 nitrogen and oxygen atoms in total. The van der Waals surface area contributed by atoms with Crippen LogP contribution in [0, 0.1) is 0 Å². The third-order valence-corrected chi connectivity index (χ3v) is 1.03. The molecule has 0 saturated heterocycles. The first-order chi connectivity index (χ1) is 4.79. The highest BCUT2D eigenvalue weighted by Crippen LogP contribution is 1.94. The van der Waals surface area contributed by atoms with Crippen molar-refractivity contribution in [1.29, 1.82) is 0 Å². The van der Waals surface area contributed by atoms with Crippen LogP contribution in [0.1, 0.15) is 5.56 Å². The molecule has 0 aromatic heterocycles. The van der Waals surface area contributed by atoms with Crippen molar-refractivity contribution < 1.29 is 2.82 Å². The Morgan fingerprint density at radius 3 is 2.75 bits per heavy atom. The van der Waals surface area contributed by atoms with Crippen LogP contribution in [0.3, 0.4) is 0 Å². The van der Waals surface area contributed by atoms with Crippen LogP contribution < -0.4 is 5.72 Å². The van der Waals surface area contributed by atoms with Crippen molar-refractivity contribution in [1.82, 2.24) is 0 Å². The normalized spacial score (nSPS) is 13.1. The van der Waals surface area contributed by atoms with Crippen LogP contribution in [-0.2, 0) is 6.54 Å². The van der Waals surface area contributed by atoms with E-state index < -0.39 is 0 Å². The Kier molecular flexibility index (Phi) is 1.01. The van der Waals surface area contributed by atoms with Crippen LogP contribution in [0.2, 0.25) is 2.82 Å². The Labute approximate surface area is 52.1 Å². The first-order valence-corrected chi connectivity index (χ1v) is 2.58. The first-order valence-electron chi connectivity index (χ1n) is 3.47. The van der Waals surface area contributed by atoms with E-state index in [-0.39, 0.29) is 0 Å². The maximum atomic E-state index is 6.82. The van der Waals surface area contributed by atoms with Crippen molar-refractivity contribution in [3.8, 4) is 0 Å². The Hall–Kier alpha value is -0.820. The average Bonchev–Trinajstić information content (AvgIpc) is 1.88. The largest absolute Gasteiger partial charge is 0.326 e.